The van der Waals surface area contributed by atoms with Crippen molar-refractivity contribution >= 4 is 17.7 Å². The number of carbonyl (C=O) groups excluding carboxylic acids is 1. The van der Waals surface area contributed by atoms with Gasteiger partial charge in [0.1, 0.15) is 11.4 Å². The van der Waals surface area contributed by atoms with E-state index in [1.807, 2.05) is 13.8 Å². The van der Waals surface area contributed by atoms with Gasteiger partial charge in [0.2, 0.25) is 0 Å². The molecule has 0 spiro atoms. The molecule has 0 fully saturated rings. The second-order valence-corrected chi connectivity index (χ2v) is 6.09. The maximum Gasteiger partial charge on any atom is 0.326 e. The van der Waals surface area contributed by atoms with Gasteiger partial charge in [0.05, 0.1) is 6.61 Å². The largest absolute Gasteiger partial charge is 0.465 e. The van der Waals surface area contributed by atoms with Crippen LogP contribution >= 0.6 is 11.8 Å². The molecule has 0 aliphatic heterocycles. The Morgan fingerprint density at radius 1 is 1.45 bits per heavy atom. The number of thioether (sulfide) groups is 1. The monoisotopic (exact) mass is 299 g/mol. The summed E-state index contributed by atoms with van der Waals surface area (Å²) < 4.78 is 18.7. The van der Waals surface area contributed by atoms with Crippen molar-refractivity contribution in [2.24, 2.45) is 0 Å². The molecule has 0 saturated heterocycles. The molecule has 1 unspecified atom stereocenters. The van der Waals surface area contributed by atoms with Gasteiger partial charge in [-0.1, -0.05) is 12.1 Å². The predicted octanol–water partition coefficient (Wildman–Crippen LogP) is 3.24. The second kappa shape index (κ2) is 7.64. The van der Waals surface area contributed by atoms with Crippen molar-refractivity contribution in [3.05, 3.63) is 30.1 Å². The van der Waals surface area contributed by atoms with Crippen LogP contribution in [0.3, 0.4) is 0 Å². The van der Waals surface area contributed by atoms with Crippen molar-refractivity contribution < 1.29 is 13.9 Å². The van der Waals surface area contributed by atoms with E-state index >= 15 is 0 Å². The van der Waals surface area contributed by atoms with Crippen molar-refractivity contribution in [3.8, 4) is 0 Å². The molecule has 0 radical (unpaired) electrons. The van der Waals surface area contributed by atoms with Gasteiger partial charge < -0.3 is 4.74 Å². The maximum atomic E-state index is 13.6. The van der Waals surface area contributed by atoms with Crippen LogP contribution < -0.4 is 5.32 Å². The summed E-state index contributed by atoms with van der Waals surface area (Å²) in [4.78, 5) is 12.7. The van der Waals surface area contributed by atoms with E-state index in [-0.39, 0.29) is 17.8 Å². The molecule has 0 aromatic heterocycles. The Labute approximate surface area is 124 Å². The smallest absolute Gasteiger partial charge is 0.326 e. The van der Waals surface area contributed by atoms with Crippen LogP contribution in [0.4, 0.5) is 4.39 Å². The van der Waals surface area contributed by atoms with E-state index in [1.54, 1.807) is 32.0 Å². The van der Waals surface area contributed by atoms with Gasteiger partial charge in [0.15, 0.2) is 0 Å². The van der Waals surface area contributed by atoms with Gasteiger partial charge in [-0.15, -0.1) is 11.8 Å². The first kappa shape index (κ1) is 17.0. The Kier molecular flexibility index (Phi) is 6.49. The maximum absolute atomic E-state index is 13.6. The van der Waals surface area contributed by atoms with Gasteiger partial charge in [0.25, 0.3) is 0 Å². The molecule has 0 heterocycles. The van der Waals surface area contributed by atoms with E-state index < -0.39 is 5.54 Å². The van der Waals surface area contributed by atoms with E-state index in [4.69, 9.17) is 4.74 Å². The van der Waals surface area contributed by atoms with E-state index in [0.29, 0.717) is 17.3 Å². The second-order valence-electron chi connectivity index (χ2n) is 5.07. The first-order valence-corrected chi connectivity index (χ1v) is 7.70. The summed E-state index contributed by atoms with van der Waals surface area (Å²) in [5.74, 6) is -0.170. The molecule has 1 N–H and O–H groups in total. The fourth-order valence-electron chi connectivity index (χ4n) is 1.87. The molecule has 0 saturated carbocycles. The van der Waals surface area contributed by atoms with Gasteiger partial charge >= 0.3 is 5.97 Å². The van der Waals surface area contributed by atoms with Crippen molar-refractivity contribution in [1.82, 2.24) is 5.32 Å². The number of hydrogen-bond donors (Lipinski definition) is 1. The molecule has 1 aromatic carbocycles. The molecule has 3 nitrogen and oxygen atoms in total. The highest BCUT2D eigenvalue weighted by Crippen LogP contribution is 2.26. The van der Waals surface area contributed by atoms with Crippen LogP contribution in [0.5, 0.6) is 0 Å². The Morgan fingerprint density at radius 2 is 2.10 bits per heavy atom. The third-order valence-electron chi connectivity index (χ3n) is 2.69. The van der Waals surface area contributed by atoms with Crippen LogP contribution in [0, 0.1) is 5.82 Å². The number of ether oxygens (including phenoxy) is 1. The zero-order chi connectivity index (χ0) is 15.2. The lowest BCUT2D eigenvalue weighted by atomic mass is 10.0. The standard InChI is InChI=1S/C15H22FNO2S/c1-5-19-14(18)15(4,17-11(2)3)10-20-13-9-7-6-8-12(13)16/h6-9,11,17H,5,10H2,1-4H3. The summed E-state index contributed by atoms with van der Waals surface area (Å²) in [5, 5.41) is 3.21. The fraction of sp³-hybridized carbons (Fsp3) is 0.533. The first-order chi connectivity index (χ1) is 9.39. The van der Waals surface area contributed by atoms with Crippen LogP contribution in [0.1, 0.15) is 27.7 Å². The molecule has 1 atom stereocenters. The number of benzene rings is 1. The summed E-state index contributed by atoms with van der Waals surface area (Å²) in [6.07, 6.45) is 0. The minimum atomic E-state index is -0.836. The average molecular weight is 299 g/mol. The Balaban J connectivity index is 2.80. The molecular formula is C15H22FNO2S. The zero-order valence-corrected chi connectivity index (χ0v) is 13.2. The SMILES string of the molecule is CCOC(=O)C(C)(CSc1ccccc1F)NC(C)C. The first-order valence-electron chi connectivity index (χ1n) is 6.71. The molecule has 0 aliphatic carbocycles. The summed E-state index contributed by atoms with van der Waals surface area (Å²) >= 11 is 1.31. The van der Waals surface area contributed by atoms with Crippen LogP contribution in [0.2, 0.25) is 0 Å². The van der Waals surface area contributed by atoms with E-state index in [1.165, 1.54) is 17.8 Å². The molecular weight excluding hydrogens is 277 g/mol. The van der Waals surface area contributed by atoms with E-state index in [9.17, 15) is 9.18 Å². The minimum Gasteiger partial charge on any atom is -0.465 e. The molecule has 0 aliphatic rings. The quantitative estimate of drug-likeness (QED) is 0.619. The number of carbonyl (C=O) groups is 1. The summed E-state index contributed by atoms with van der Waals surface area (Å²) in [7, 11) is 0. The van der Waals surface area contributed by atoms with Gasteiger partial charge in [-0.2, -0.15) is 0 Å². The molecule has 1 aromatic rings. The Morgan fingerprint density at radius 3 is 2.65 bits per heavy atom. The molecule has 112 valence electrons. The lowest BCUT2D eigenvalue weighted by molar-refractivity contribution is -0.149. The van der Waals surface area contributed by atoms with Crippen molar-refractivity contribution in [3.63, 3.8) is 0 Å². The van der Waals surface area contributed by atoms with Gasteiger partial charge in [-0.3, -0.25) is 10.1 Å². The number of rotatable bonds is 7. The Hall–Kier alpha value is -1.07. The zero-order valence-electron chi connectivity index (χ0n) is 12.4. The topological polar surface area (TPSA) is 38.3 Å². The summed E-state index contributed by atoms with van der Waals surface area (Å²) in [6, 6.07) is 6.69. The van der Waals surface area contributed by atoms with Crippen LogP contribution in [0.15, 0.2) is 29.2 Å². The number of esters is 1. The van der Waals surface area contributed by atoms with Crippen LogP contribution in [-0.4, -0.2) is 29.9 Å². The average Bonchev–Trinajstić information content (AvgIpc) is 2.37. The number of halogens is 1. The third-order valence-corrected chi connectivity index (χ3v) is 4.05. The molecule has 5 heteroatoms. The minimum absolute atomic E-state index is 0.130. The van der Waals surface area contributed by atoms with Crippen molar-refractivity contribution in [2.45, 2.75) is 44.2 Å². The predicted molar refractivity (Wildman–Crippen MR) is 80.4 cm³/mol. The molecule has 20 heavy (non-hydrogen) atoms. The highest BCUT2D eigenvalue weighted by Gasteiger charge is 2.35. The van der Waals surface area contributed by atoms with E-state index in [2.05, 4.69) is 5.32 Å². The third kappa shape index (κ3) is 4.80. The highest BCUT2D eigenvalue weighted by atomic mass is 32.2. The summed E-state index contributed by atoms with van der Waals surface area (Å²) in [6.45, 7) is 7.82. The van der Waals surface area contributed by atoms with Crippen LogP contribution in [0.25, 0.3) is 0 Å². The van der Waals surface area contributed by atoms with Gasteiger partial charge in [0, 0.05) is 16.7 Å². The van der Waals surface area contributed by atoms with E-state index in [0.717, 1.165) is 0 Å². The molecule has 0 bridgehead atoms. The Bertz CT molecular complexity index is 453. The lowest BCUT2D eigenvalue weighted by Gasteiger charge is -2.30. The number of nitrogens with one attached hydrogen (secondary N) is 1. The summed E-state index contributed by atoms with van der Waals surface area (Å²) in [5.41, 5.74) is -0.836. The normalized spacial score (nSPS) is 14.1. The van der Waals surface area contributed by atoms with Crippen molar-refractivity contribution in [2.75, 3.05) is 12.4 Å². The van der Waals surface area contributed by atoms with Crippen LogP contribution in [-0.2, 0) is 9.53 Å². The molecule has 1 rings (SSSR count). The highest BCUT2D eigenvalue weighted by molar-refractivity contribution is 7.99. The lowest BCUT2D eigenvalue weighted by Crippen LogP contribution is -2.55. The molecule has 0 amide bonds. The number of hydrogen-bond acceptors (Lipinski definition) is 4. The van der Waals surface area contributed by atoms with Gasteiger partial charge in [-0.05, 0) is 39.8 Å². The van der Waals surface area contributed by atoms with Crippen molar-refractivity contribution in [1.29, 1.82) is 0 Å². The van der Waals surface area contributed by atoms with Gasteiger partial charge in [-0.25, -0.2) is 4.39 Å². The fourth-order valence-corrected chi connectivity index (χ4v) is 2.90.